The van der Waals surface area contributed by atoms with E-state index in [1.165, 1.54) is 0 Å². The number of carbonyl (C=O) groups is 1. The van der Waals surface area contributed by atoms with Crippen molar-refractivity contribution in [2.75, 3.05) is 11.9 Å². The summed E-state index contributed by atoms with van der Waals surface area (Å²) in [6, 6.07) is 15.4. The van der Waals surface area contributed by atoms with Crippen molar-refractivity contribution in [3.63, 3.8) is 0 Å². The molecule has 0 bridgehead atoms. The number of fused-ring (bicyclic) bond motifs is 1. The Kier molecular flexibility index (Phi) is 5.38. The van der Waals surface area contributed by atoms with Gasteiger partial charge >= 0.3 is 0 Å². The van der Waals surface area contributed by atoms with Crippen LogP contribution in [0.3, 0.4) is 0 Å². The van der Waals surface area contributed by atoms with Crippen molar-refractivity contribution >= 4 is 40.2 Å². The Morgan fingerprint density at radius 2 is 2.10 bits per heavy atom. The van der Waals surface area contributed by atoms with Gasteiger partial charge in [-0.15, -0.1) is 0 Å². The van der Waals surface area contributed by atoms with Crippen LogP contribution in [0, 0.1) is 0 Å². The van der Waals surface area contributed by atoms with Crippen LogP contribution in [0.25, 0.3) is 10.8 Å². The normalized spacial score (nSPS) is 11.1. The molecule has 0 radical (unpaired) electrons. The largest absolute Gasteiger partial charge is 0.493 e. The zero-order chi connectivity index (χ0) is 20.9. The van der Waals surface area contributed by atoms with Crippen LogP contribution in [0.15, 0.2) is 65.9 Å². The average molecular weight is 400 g/mol. The predicted octanol–water partition coefficient (Wildman–Crippen LogP) is 3.95. The standard InChI is InChI=1S/C22H20N6O2/c1-2-30-18-10-9-14-6-3-4-8-16(14)17(18)13-25-21-19(20(23)29)22(28-27-21)26-15-7-5-11-24-12-15/h3-13H,2H2,1H3,(H2,23,29)(H2,26,27,28)/b25-13+. The topological polar surface area (TPSA) is 118 Å². The Bertz CT molecular complexity index is 1220. The second-order valence-electron chi connectivity index (χ2n) is 6.42. The van der Waals surface area contributed by atoms with Crippen LogP contribution in [0.2, 0.25) is 0 Å². The molecule has 30 heavy (non-hydrogen) atoms. The molecular formula is C22H20N6O2. The second-order valence-corrected chi connectivity index (χ2v) is 6.42. The summed E-state index contributed by atoms with van der Waals surface area (Å²) < 4.78 is 5.77. The molecule has 1 amide bonds. The van der Waals surface area contributed by atoms with Crippen molar-refractivity contribution in [1.29, 1.82) is 0 Å². The molecule has 0 fully saturated rings. The number of H-pyrrole nitrogens is 1. The fourth-order valence-electron chi connectivity index (χ4n) is 3.14. The van der Waals surface area contributed by atoms with Gasteiger partial charge in [0.15, 0.2) is 11.6 Å². The summed E-state index contributed by atoms with van der Waals surface area (Å²) >= 11 is 0. The van der Waals surface area contributed by atoms with E-state index < -0.39 is 5.91 Å². The number of benzene rings is 2. The maximum absolute atomic E-state index is 12.1. The van der Waals surface area contributed by atoms with Crippen LogP contribution in [0.4, 0.5) is 17.3 Å². The molecule has 2 aromatic heterocycles. The molecule has 8 nitrogen and oxygen atoms in total. The van der Waals surface area contributed by atoms with Gasteiger partial charge in [0.1, 0.15) is 11.3 Å². The van der Waals surface area contributed by atoms with Crippen LogP contribution in [-0.4, -0.2) is 33.9 Å². The lowest BCUT2D eigenvalue weighted by Crippen LogP contribution is -2.12. The predicted molar refractivity (Wildman–Crippen MR) is 117 cm³/mol. The smallest absolute Gasteiger partial charge is 0.256 e. The molecule has 0 atom stereocenters. The van der Waals surface area contributed by atoms with Gasteiger partial charge in [0.25, 0.3) is 5.91 Å². The van der Waals surface area contributed by atoms with E-state index in [4.69, 9.17) is 10.5 Å². The molecule has 4 N–H and O–H groups in total. The highest BCUT2D eigenvalue weighted by atomic mass is 16.5. The molecular weight excluding hydrogens is 380 g/mol. The lowest BCUT2D eigenvalue weighted by molar-refractivity contribution is 0.100. The number of pyridine rings is 1. The summed E-state index contributed by atoms with van der Waals surface area (Å²) in [6.07, 6.45) is 4.93. The lowest BCUT2D eigenvalue weighted by Gasteiger charge is -2.10. The van der Waals surface area contributed by atoms with Crippen molar-refractivity contribution in [2.24, 2.45) is 10.7 Å². The maximum atomic E-state index is 12.1. The van der Waals surface area contributed by atoms with Gasteiger partial charge in [0, 0.05) is 18.0 Å². The Balaban J connectivity index is 1.74. The van der Waals surface area contributed by atoms with Gasteiger partial charge in [0.2, 0.25) is 0 Å². The number of rotatable bonds is 7. The van der Waals surface area contributed by atoms with Gasteiger partial charge in [-0.05, 0) is 35.9 Å². The number of amides is 1. The van der Waals surface area contributed by atoms with E-state index >= 15 is 0 Å². The molecule has 0 aliphatic heterocycles. The van der Waals surface area contributed by atoms with Crippen molar-refractivity contribution in [2.45, 2.75) is 6.92 Å². The highest BCUT2D eigenvalue weighted by Crippen LogP contribution is 2.29. The van der Waals surface area contributed by atoms with E-state index in [0.717, 1.165) is 16.3 Å². The monoisotopic (exact) mass is 400 g/mol. The van der Waals surface area contributed by atoms with Gasteiger partial charge in [-0.3, -0.25) is 14.9 Å². The summed E-state index contributed by atoms with van der Waals surface area (Å²) in [7, 11) is 0. The zero-order valence-electron chi connectivity index (χ0n) is 16.3. The number of hydrogen-bond acceptors (Lipinski definition) is 6. The average Bonchev–Trinajstić information content (AvgIpc) is 3.16. The lowest BCUT2D eigenvalue weighted by atomic mass is 10.0. The number of carbonyl (C=O) groups excluding carboxylic acids is 1. The number of aromatic nitrogens is 3. The minimum atomic E-state index is -0.648. The molecule has 0 saturated heterocycles. The minimum Gasteiger partial charge on any atom is -0.493 e. The third kappa shape index (κ3) is 3.83. The van der Waals surface area contributed by atoms with Gasteiger partial charge in [-0.2, -0.15) is 5.10 Å². The molecule has 0 aliphatic carbocycles. The third-order valence-electron chi connectivity index (χ3n) is 4.47. The molecule has 8 heteroatoms. The quantitative estimate of drug-likeness (QED) is 0.406. The van der Waals surface area contributed by atoms with Gasteiger partial charge < -0.3 is 15.8 Å². The molecule has 0 spiro atoms. The Labute approximate surface area is 172 Å². The molecule has 2 heterocycles. The first-order valence-corrected chi connectivity index (χ1v) is 9.41. The zero-order valence-corrected chi connectivity index (χ0v) is 16.3. The molecule has 0 aliphatic rings. The first-order valence-electron chi connectivity index (χ1n) is 9.41. The number of nitrogens with two attached hydrogens (primary N) is 1. The highest BCUT2D eigenvalue weighted by Gasteiger charge is 2.18. The van der Waals surface area contributed by atoms with E-state index in [0.29, 0.717) is 18.0 Å². The Morgan fingerprint density at radius 1 is 1.23 bits per heavy atom. The van der Waals surface area contributed by atoms with Crippen molar-refractivity contribution in [3.05, 3.63) is 72.1 Å². The molecule has 150 valence electrons. The number of aliphatic imine (C=N–C) groups is 1. The molecule has 4 rings (SSSR count). The number of primary amides is 1. The van der Waals surface area contributed by atoms with Crippen LogP contribution < -0.4 is 15.8 Å². The second kappa shape index (κ2) is 8.44. The van der Waals surface area contributed by atoms with Crippen molar-refractivity contribution in [3.8, 4) is 5.75 Å². The van der Waals surface area contributed by atoms with Gasteiger partial charge in [-0.1, -0.05) is 30.3 Å². The van der Waals surface area contributed by atoms with E-state index in [2.05, 4.69) is 25.5 Å². The summed E-state index contributed by atoms with van der Waals surface area (Å²) in [5.41, 5.74) is 7.24. The minimum absolute atomic E-state index is 0.160. The van der Waals surface area contributed by atoms with E-state index in [1.807, 2.05) is 43.3 Å². The van der Waals surface area contributed by atoms with Crippen LogP contribution in [0.1, 0.15) is 22.8 Å². The fourth-order valence-corrected chi connectivity index (χ4v) is 3.14. The number of aromatic amines is 1. The number of hydrogen-bond donors (Lipinski definition) is 3. The maximum Gasteiger partial charge on any atom is 0.256 e. The van der Waals surface area contributed by atoms with E-state index in [1.54, 1.807) is 30.7 Å². The van der Waals surface area contributed by atoms with Crippen molar-refractivity contribution < 1.29 is 9.53 Å². The fraction of sp³-hybridized carbons (Fsp3) is 0.0909. The SMILES string of the molecule is CCOc1ccc2ccccc2c1/C=N/c1[nH]nc(Nc2cccnc2)c1C(N)=O. The van der Waals surface area contributed by atoms with Crippen LogP contribution >= 0.6 is 0 Å². The number of ether oxygens (including phenoxy) is 1. The number of anilines is 2. The third-order valence-corrected chi connectivity index (χ3v) is 4.47. The highest BCUT2D eigenvalue weighted by molar-refractivity contribution is 6.06. The van der Waals surface area contributed by atoms with Crippen LogP contribution in [-0.2, 0) is 0 Å². The summed E-state index contributed by atoms with van der Waals surface area (Å²) in [4.78, 5) is 20.6. The summed E-state index contributed by atoms with van der Waals surface area (Å²) in [6.45, 7) is 2.45. The Hall–Kier alpha value is -4.20. The van der Waals surface area contributed by atoms with E-state index in [-0.39, 0.29) is 17.2 Å². The first-order chi connectivity index (χ1) is 14.7. The molecule has 2 aromatic carbocycles. The van der Waals surface area contributed by atoms with Gasteiger partial charge in [0.05, 0.1) is 18.5 Å². The number of nitrogens with one attached hydrogen (secondary N) is 2. The summed E-state index contributed by atoms with van der Waals surface area (Å²) in [5.74, 6) is 0.592. The summed E-state index contributed by atoms with van der Waals surface area (Å²) in [5, 5.41) is 12.0. The van der Waals surface area contributed by atoms with Crippen LogP contribution in [0.5, 0.6) is 5.75 Å². The van der Waals surface area contributed by atoms with Crippen molar-refractivity contribution in [1.82, 2.24) is 15.2 Å². The Morgan fingerprint density at radius 3 is 2.87 bits per heavy atom. The van der Waals surface area contributed by atoms with E-state index in [9.17, 15) is 4.79 Å². The number of nitrogens with zero attached hydrogens (tertiary/aromatic N) is 3. The molecule has 0 unspecified atom stereocenters. The molecule has 4 aromatic rings. The first kappa shape index (κ1) is 19.1. The van der Waals surface area contributed by atoms with Gasteiger partial charge in [-0.25, -0.2) is 4.99 Å². The molecule has 0 saturated carbocycles.